The maximum absolute atomic E-state index is 12.5. The predicted octanol–water partition coefficient (Wildman–Crippen LogP) is 2.12. The fourth-order valence-corrected chi connectivity index (χ4v) is 3.42. The number of nitrogens with zero attached hydrogens (tertiary/aromatic N) is 2. The number of thioether (sulfide) groups is 1. The summed E-state index contributed by atoms with van der Waals surface area (Å²) in [4.78, 5) is 28.5. The third kappa shape index (κ3) is 4.41. The molecule has 1 fully saturated rings. The highest BCUT2D eigenvalue weighted by molar-refractivity contribution is 8.00. The van der Waals surface area contributed by atoms with E-state index in [9.17, 15) is 9.59 Å². The molecule has 2 rings (SSSR count). The molecule has 5 nitrogen and oxygen atoms in total. The average molecular weight is 336 g/mol. The third-order valence-electron chi connectivity index (χ3n) is 3.98. The Labute approximate surface area is 142 Å². The summed E-state index contributed by atoms with van der Waals surface area (Å²) in [7, 11) is 1.60. The van der Waals surface area contributed by atoms with Crippen molar-refractivity contribution >= 4 is 23.6 Å². The molecule has 1 atom stereocenters. The molecule has 1 aromatic rings. The van der Waals surface area contributed by atoms with Gasteiger partial charge in [0.05, 0.1) is 12.4 Å². The molecule has 0 spiro atoms. The van der Waals surface area contributed by atoms with E-state index in [1.54, 1.807) is 43.1 Å². The molecule has 6 heteroatoms. The van der Waals surface area contributed by atoms with Crippen molar-refractivity contribution in [3.8, 4) is 5.75 Å². The number of ether oxygens (including phenoxy) is 1. The van der Waals surface area contributed by atoms with Crippen LogP contribution in [-0.2, 0) is 4.79 Å². The van der Waals surface area contributed by atoms with Crippen LogP contribution in [0.1, 0.15) is 24.2 Å². The molecule has 1 saturated heterocycles. The van der Waals surface area contributed by atoms with Crippen molar-refractivity contribution in [2.24, 2.45) is 0 Å². The first-order valence-electron chi connectivity index (χ1n) is 7.90. The molecule has 0 N–H and O–H groups in total. The van der Waals surface area contributed by atoms with Crippen molar-refractivity contribution in [3.05, 3.63) is 29.8 Å². The molecule has 2 amide bonds. The number of hydrogen-bond donors (Lipinski definition) is 0. The molecule has 1 aliphatic heterocycles. The number of hydrogen-bond acceptors (Lipinski definition) is 4. The van der Waals surface area contributed by atoms with Crippen LogP contribution in [0.3, 0.4) is 0 Å². The van der Waals surface area contributed by atoms with Gasteiger partial charge in [-0.1, -0.05) is 6.92 Å². The van der Waals surface area contributed by atoms with Crippen LogP contribution in [0.25, 0.3) is 0 Å². The number of amides is 2. The van der Waals surface area contributed by atoms with Gasteiger partial charge in [-0.25, -0.2) is 0 Å². The first-order chi connectivity index (χ1) is 11.1. The van der Waals surface area contributed by atoms with Crippen LogP contribution in [0, 0.1) is 0 Å². The number of methoxy groups -OCH3 is 1. The van der Waals surface area contributed by atoms with E-state index in [1.165, 1.54) is 0 Å². The van der Waals surface area contributed by atoms with Crippen LogP contribution in [0.4, 0.5) is 0 Å². The predicted molar refractivity (Wildman–Crippen MR) is 93.1 cm³/mol. The quantitative estimate of drug-likeness (QED) is 0.826. The number of piperazine rings is 1. The third-order valence-corrected chi connectivity index (χ3v) is 5.01. The molecular formula is C17H24N2O3S. The zero-order valence-corrected chi connectivity index (χ0v) is 14.8. The second kappa shape index (κ2) is 8.24. The topological polar surface area (TPSA) is 49.9 Å². The van der Waals surface area contributed by atoms with Crippen molar-refractivity contribution in [2.45, 2.75) is 19.1 Å². The van der Waals surface area contributed by atoms with E-state index >= 15 is 0 Å². The number of carbonyl (C=O) groups is 2. The summed E-state index contributed by atoms with van der Waals surface area (Å²) in [6, 6.07) is 7.13. The molecule has 0 radical (unpaired) electrons. The van der Waals surface area contributed by atoms with Crippen LogP contribution in [0.2, 0.25) is 0 Å². The molecule has 0 bridgehead atoms. The van der Waals surface area contributed by atoms with Crippen molar-refractivity contribution in [1.29, 1.82) is 0 Å². The summed E-state index contributed by atoms with van der Waals surface area (Å²) in [6.07, 6.45) is 0. The molecule has 1 aromatic carbocycles. The lowest BCUT2D eigenvalue weighted by Crippen LogP contribution is -2.52. The van der Waals surface area contributed by atoms with Crippen LogP contribution >= 0.6 is 11.8 Å². The van der Waals surface area contributed by atoms with Gasteiger partial charge in [0, 0.05) is 31.7 Å². The lowest BCUT2D eigenvalue weighted by molar-refractivity contribution is -0.131. The maximum Gasteiger partial charge on any atom is 0.253 e. The van der Waals surface area contributed by atoms with Crippen LogP contribution < -0.4 is 4.74 Å². The Hall–Kier alpha value is -1.69. The standard InChI is InChI=1S/C17H24N2O3S/c1-4-23-13(2)16(20)18-9-11-19(12-10-18)17(21)14-5-7-15(22-3)8-6-14/h5-8,13H,4,9-12H2,1-3H3/t13-/m0/s1. The van der Waals surface area contributed by atoms with Gasteiger partial charge in [0.15, 0.2) is 0 Å². The lowest BCUT2D eigenvalue weighted by atomic mass is 10.1. The van der Waals surface area contributed by atoms with Gasteiger partial charge in [0.25, 0.3) is 5.91 Å². The summed E-state index contributed by atoms with van der Waals surface area (Å²) in [6.45, 7) is 6.39. The Morgan fingerprint density at radius 2 is 1.70 bits per heavy atom. The van der Waals surface area contributed by atoms with Crippen LogP contribution in [0.5, 0.6) is 5.75 Å². The Bertz CT molecular complexity index is 539. The van der Waals surface area contributed by atoms with Crippen molar-refractivity contribution in [3.63, 3.8) is 0 Å². The van der Waals surface area contributed by atoms with E-state index in [0.717, 1.165) is 11.5 Å². The van der Waals surface area contributed by atoms with Crippen molar-refractivity contribution in [1.82, 2.24) is 9.80 Å². The summed E-state index contributed by atoms with van der Waals surface area (Å²) in [5.41, 5.74) is 0.653. The van der Waals surface area contributed by atoms with Gasteiger partial charge in [-0.05, 0) is 36.9 Å². The summed E-state index contributed by atoms with van der Waals surface area (Å²) in [5.74, 6) is 1.85. The molecule has 23 heavy (non-hydrogen) atoms. The molecule has 1 aliphatic rings. The maximum atomic E-state index is 12.5. The molecule has 0 aliphatic carbocycles. The van der Waals surface area contributed by atoms with E-state index in [-0.39, 0.29) is 17.1 Å². The van der Waals surface area contributed by atoms with E-state index in [2.05, 4.69) is 6.92 Å². The van der Waals surface area contributed by atoms with Gasteiger partial charge in [0.2, 0.25) is 5.91 Å². The molecule has 0 unspecified atom stereocenters. The van der Waals surface area contributed by atoms with Crippen molar-refractivity contribution < 1.29 is 14.3 Å². The minimum Gasteiger partial charge on any atom is -0.497 e. The first kappa shape index (κ1) is 17.7. The number of rotatable bonds is 5. The normalized spacial score (nSPS) is 16.1. The smallest absolute Gasteiger partial charge is 0.253 e. The second-order valence-electron chi connectivity index (χ2n) is 5.44. The Kier molecular flexibility index (Phi) is 6.33. The van der Waals surface area contributed by atoms with Gasteiger partial charge < -0.3 is 14.5 Å². The Morgan fingerprint density at radius 1 is 1.13 bits per heavy atom. The Morgan fingerprint density at radius 3 is 2.22 bits per heavy atom. The fourth-order valence-electron chi connectivity index (χ4n) is 2.62. The van der Waals surface area contributed by atoms with Gasteiger partial charge >= 0.3 is 0 Å². The van der Waals surface area contributed by atoms with E-state index in [1.807, 2.05) is 16.7 Å². The number of benzene rings is 1. The molecule has 0 saturated carbocycles. The highest BCUT2D eigenvalue weighted by Crippen LogP contribution is 2.17. The van der Waals surface area contributed by atoms with E-state index in [0.29, 0.717) is 31.7 Å². The van der Waals surface area contributed by atoms with Gasteiger partial charge in [0.1, 0.15) is 5.75 Å². The zero-order chi connectivity index (χ0) is 16.8. The molecular weight excluding hydrogens is 312 g/mol. The molecule has 0 aromatic heterocycles. The summed E-state index contributed by atoms with van der Waals surface area (Å²) < 4.78 is 5.11. The number of carbonyl (C=O) groups excluding carboxylic acids is 2. The largest absolute Gasteiger partial charge is 0.497 e. The van der Waals surface area contributed by atoms with Crippen molar-refractivity contribution in [2.75, 3.05) is 39.0 Å². The minimum absolute atomic E-state index is 0.00994. The SMILES string of the molecule is CCS[C@@H](C)C(=O)N1CCN(C(=O)c2ccc(OC)cc2)CC1. The zero-order valence-electron chi connectivity index (χ0n) is 13.9. The Balaban J connectivity index is 1.90. The summed E-state index contributed by atoms with van der Waals surface area (Å²) in [5, 5.41) is -0.0103. The van der Waals surface area contributed by atoms with Crippen LogP contribution in [0.15, 0.2) is 24.3 Å². The molecule has 126 valence electrons. The van der Waals surface area contributed by atoms with Gasteiger partial charge in [-0.3, -0.25) is 9.59 Å². The van der Waals surface area contributed by atoms with Gasteiger partial charge in [-0.2, -0.15) is 0 Å². The average Bonchev–Trinajstić information content (AvgIpc) is 2.61. The monoisotopic (exact) mass is 336 g/mol. The first-order valence-corrected chi connectivity index (χ1v) is 8.95. The minimum atomic E-state index is -0.0103. The van der Waals surface area contributed by atoms with Crippen LogP contribution in [-0.4, -0.2) is 65.9 Å². The molecule has 1 heterocycles. The van der Waals surface area contributed by atoms with E-state index in [4.69, 9.17) is 4.74 Å². The van der Waals surface area contributed by atoms with Gasteiger partial charge in [-0.15, -0.1) is 11.8 Å². The van der Waals surface area contributed by atoms with E-state index < -0.39 is 0 Å². The highest BCUT2D eigenvalue weighted by Gasteiger charge is 2.27. The second-order valence-corrected chi connectivity index (χ2v) is 7.06. The fraction of sp³-hybridized carbons (Fsp3) is 0.529. The lowest BCUT2D eigenvalue weighted by Gasteiger charge is -2.36. The highest BCUT2D eigenvalue weighted by atomic mass is 32.2. The summed E-state index contributed by atoms with van der Waals surface area (Å²) >= 11 is 1.66.